The molecule has 0 aromatic carbocycles. The van der Waals surface area contributed by atoms with E-state index in [0.717, 1.165) is 17.0 Å². The Morgan fingerprint density at radius 2 is 2.04 bits per heavy atom. The summed E-state index contributed by atoms with van der Waals surface area (Å²) in [6.45, 7) is 5.91. The molecule has 2 aromatic rings. The van der Waals surface area contributed by atoms with Crippen molar-refractivity contribution in [1.82, 2.24) is 19.7 Å². The van der Waals surface area contributed by atoms with E-state index >= 15 is 0 Å². The minimum Gasteiger partial charge on any atom is -0.396 e. The number of amides is 1. The molecule has 1 saturated heterocycles. The van der Waals surface area contributed by atoms with Crippen LogP contribution in [0.25, 0.3) is 0 Å². The summed E-state index contributed by atoms with van der Waals surface area (Å²) in [7, 11) is 0. The first-order valence-electron chi connectivity index (χ1n) is 8.38. The van der Waals surface area contributed by atoms with Crippen molar-refractivity contribution in [3.8, 4) is 0 Å². The highest BCUT2D eigenvalue weighted by Gasteiger charge is 2.35. The molecule has 0 radical (unpaired) electrons. The number of carbonyl (C=O) groups excluding carboxylic acids is 1. The van der Waals surface area contributed by atoms with Crippen LogP contribution in [0.1, 0.15) is 29.3 Å². The van der Waals surface area contributed by atoms with Crippen LogP contribution in [0.2, 0.25) is 0 Å². The molecule has 0 aliphatic carbocycles. The Labute approximate surface area is 142 Å². The Kier molecular flexibility index (Phi) is 4.94. The van der Waals surface area contributed by atoms with Crippen LogP contribution in [0.3, 0.4) is 0 Å². The fourth-order valence-electron chi connectivity index (χ4n) is 3.51. The van der Waals surface area contributed by atoms with Gasteiger partial charge in [0.05, 0.1) is 5.69 Å². The predicted octanol–water partition coefficient (Wildman–Crippen LogP) is 1.52. The van der Waals surface area contributed by atoms with Gasteiger partial charge in [-0.15, -0.1) is 0 Å². The number of aromatic nitrogens is 3. The Bertz CT molecular complexity index is 698. The fraction of sp³-hybridized carbons (Fsp3) is 0.500. The van der Waals surface area contributed by atoms with Gasteiger partial charge in [0.15, 0.2) is 0 Å². The summed E-state index contributed by atoms with van der Waals surface area (Å²) in [4.78, 5) is 18.5. The number of hydrogen-bond donors (Lipinski definition) is 1. The zero-order valence-electron chi connectivity index (χ0n) is 14.2. The van der Waals surface area contributed by atoms with Gasteiger partial charge in [-0.3, -0.25) is 14.5 Å². The molecule has 2 aromatic heterocycles. The molecule has 1 aliphatic heterocycles. The van der Waals surface area contributed by atoms with Crippen LogP contribution in [-0.4, -0.2) is 50.4 Å². The largest absolute Gasteiger partial charge is 0.396 e. The van der Waals surface area contributed by atoms with Crippen LogP contribution in [0.15, 0.2) is 30.6 Å². The summed E-state index contributed by atoms with van der Waals surface area (Å²) < 4.78 is 1.88. The average molecular weight is 328 g/mol. The monoisotopic (exact) mass is 328 g/mol. The third-order valence-electron chi connectivity index (χ3n) is 4.80. The molecule has 0 unspecified atom stereocenters. The summed E-state index contributed by atoms with van der Waals surface area (Å²) in [5, 5.41) is 14.1. The lowest BCUT2D eigenvalue weighted by Crippen LogP contribution is -2.30. The molecule has 128 valence electrons. The van der Waals surface area contributed by atoms with Gasteiger partial charge in [-0.25, -0.2) is 0 Å². The molecule has 24 heavy (non-hydrogen) atoms. The van der Waals surface area contributed by atoms with Crippen LogP contribution < -0.4 is 0 Å². The lowest BCUT2D eigenvalue weighted by molar-refractivity contribution is -0.130. The van der Waals surface area contributed by atoms with Gasteiger partial charge >= 0.3 is 0 Å². The van der Waals surface area contributed by atoms with Crippen molar-refractivity contribution in [3.05, 3.63) is 47.5 Å². The maximum atomic E-state index is 12.6. The standard InChI is InChI=1S/C18H24N4O2/c1-13-9-14(2)22(20-13)8-5-18(24)21-10-16(12-23)17(11-21)15-3-6-19-7-4-15/h3-4,6-7,9,16-17,23H,5,8,10-12H2,1-2H3/t16-,17-/m0/s1. The normalized spacial score (nSPS) is 20.5. The van der Waals surface area contributed by atoms with Crippen LogP contribution in [0, 0.1) is 19.8 Å². The van der Waals surface area contributed by atoms with Crippen molar-refractivity contribution in [3.63, 3.8) is 0 Å². The summed E-state index contributed by atoms with van der Waals surface area (Å²) in [6, 6.07) is 5.95. The van der Waals surface area contributed by atoms with Gasteiger partial charge in [0.1, 0.15) is 0 Å². The minimum absolute atomic E-state index is 0.0880. The quantitative estimate of drug-likeness (QED) is 0.903. The fourth-order valence-corrected chi connectivity index (χ4v) is 3.51. The predicted molar refractivity (Wildman–Crippen MR) is 90.5 cm³/mol. The van der Waals surface area contributed by atoms with E-state index in [4.69, 9.17) is 0 Å². The van der Waals surface area contributed by atoms with E-state index in [1.54, 1.807) is 12.4 Å². The molecule has 1 fully saturated rings. The van der Waals surface area contributed by atoms with Crippen molar-refractivity contribution < 1.29 is 9.90 Å². The van der Waals surface area contributed by atoms with Crippen molar-refractivity contribution in [2.45, 2.75) is 32.7 Å². The topological polar surface area (TPSA) is 71.2 Å². The summed E-state index contributed by atoms with van der Waals surface area (Å²) in [5.74, 6) is 0.387. The molecule has 1 aliphatic rings. The van der Waals surface area contributed by atoms with Crippen LogP contribution >= 0.6 is 0 Å². The van der Waals surface area contributed by atoms with Crippen molar-refractivity contribution >= 4 is 5.91 Å². The summed E-state index contributed by atoms with van der Waals surface area (Å²) in [5.41, 5.74) is 3.18. The summed E-state index contributed by atoms with van der Waals surface area (Å²) in [6.07, 6.45) is 3.96. The Morgan fingerprint density at radius 3 is 2.67 bits per heavy atom. The molecule has 3 rings (SSSR count). The first-order valence-corrected chi connectivity index (χ1v) is 8.38. The molecule has 6 heteroatoms. The third-order valence-corrected chi connectivity index (χ3v) is 4.80. The van der Waals surface area contributed by atoms with Crippen molar-refractivity contribution in [2.75, 3.05) is 19.7 Å². The van der Waals surface area contributed by atoms with Crippen molar-refractivity contribution in [1.29, 1.82) is 0 Å². The van der Waals surface area contributed by atoms with E-state index in [-0.39, 0.29) is 24.3 Å². The first-order chi connectivity index (χ1) is 11.6. The molecule has 1 amide bonds. The lowest BCUT2D eigenvalue weighted by Gasteiger charge is -2.17. The number of carbonyl (C=O) groups is 1. The Morgan fingerprint density at radius 1 is 1.29 bits per heavy atom. The van der Waals surface area contributed by atoms with Gasteiger partial charge in [0.25, 0.3) is 0 Å². The third kappa shape index (κ3) is 3.48. The van der Waals surface area contributed by atoms with E-state index in [0.29, 0.717) is 26.1 Å². The van der Waals surface area contributed by atoms with E-state index in [1.807, 2.05) is 41.6 Å². The second kappa shape index (κ2) is 7.13. The lowest BCUT2D eigenvalue weighted by atomic mass is 9.90. The van der Waals surface area contributed by atoms with E-state index in [9.17, 15) is 9.90 Å². The number of pyridine rings is 1. The zero-order valence-corrected chi connectivity index (χ0v) is 14.2. The van der Waals surface area contributed by atoms with E-state index in [2.05, 4.69) is 10.1 Å². The minimum atomic E-state index is 0.0880. The van der Waals surface area contributed by atoms with E-state index in [1.165, 1.54) is 0 Å². The van der Waals surface area contributed by atoms with E-state index < -0.39 is 0 Å². The summed E-state index contributed by atoms with van der Waals surface area (Å²) >= 11 is 0. The van der Waals surface area contributed by atoms with Gasteiger partial charge in [-0.1, -0.05) is 0 Å². The average Bonchev–Trinajstić information content (AvgIpc) is 3.16. The molecular weight excluding hydrogens is 304 g/mol. The number of rotatable bonds is 5. The number of aliphatic hydroxyl groups excluding tert-OH is 1. The van der Waals surface area contributed by atoms with Gasteiger partial charge in [-0.2, -0.15) is 5.10 Å². The molecule has 6 nitrogen and oxygen atoms in total. The Hall–Kier alpha value is -2.21. The van der Waals surface area contributed by atoms with Gasteiger partial charge in [0.2, 0.25) is 5.91 Å². The number of hydrogen-bond acceptors (Lipinski definition) is 4. The molecular formula is C18H24N4O2. The highest BCUT2D eigenvalue weighted by Crippen LogP contribution is 2.32. The maximum absolute atomic E-state index is 12.6. The molecule has 2 atom stereocenters. The first kappa shape index (κ1) is 16.6. The number of aryl methyl sites for hydroxylation is 3. The molecule has 1 N–H and O–H groups in total. The molecule has 3 heterocycles. The Balaban J connectivity index is 1.62. The highest BCUT2D eigenvalue weighted by molar-refractivity contribution is 5.76. The maximum Gasteiger partial charge on any atom is 0.224 e. The number of likely N-dealkylation sites (tertiary alicyclic amines) is 1. The van der Waals surface area contributed by atoms with Crippen LogP contribution in [0.4, 0.5) is 0 Å². The molecule has 0 spiro atoms. The highest BCUT2D eigenvalue weighted by atomic mass is 16.3. The number of nitrogens with zero attached hydrogens (tertiary/aromatic N) is 4. The smallest absolute Gasteiger partial charge is 0.224 e. The SMILES string of the molecule is Cc1cc(C)n(CCC(=O)N2C[C@@H](CO)[C@H](c3ccncc3)C2)n1. The second-order valence-electron chi connectivity index (χ2n) is 6.53. The zero-order chi connectivity index (χ0) is 17.1. The number of aliphatic hydroxyl groups is 1. The van der Waals surface area contributed by atoms with Crippen LogP contribution in [-0.2, 0) is 11.3 Å². The van der Waals surface area contributed by atoms with Gasteiger partial charge < -0.3 is 10.0 Å². The van der Waals surface area contributed by atoms with Gasteiger partial charge in [0, 0.05) is 62.6 Å². The molecule has 0 bridgehead atoms. The van der Waals surface area contributed by atoms with Crippen LogP contribution in [0.5, 0.6) is 0 Å². The second-order valence-corrected chi connectivity index (χ2v) is 6.53. The van der Waals surface area contributed by atoms with Gasteiger partial charge in [-0.05, 0) is 37.6 Å². The molecule has 0 saturated carbocycles. The van der Waals surface area contributed by atoms with Crippen molar-refractivity contribution in [2.24, 2.45) is 5.92 Å².